The molecular formula is C25H24N4O3. The minimum absolute atomic E-state index is 0.0219. The van der Waals surface area contributed by atoms with E-state index in [1.165, 1.54) is 0 Å². The number of fused-ring (bicyclic) bond motifs is 2. The van der Waals surface area contributed by atoms with E-state index in [4.69, 9.17) is 0 Å². The van der Waals surface area contributed by atoms with Crippen molar-refractivity contribution in [2.75, 3.05) is 11.9 Å². The van der Waals surface area contributed by atoms with Crippen molar-refractivity contribution >= 4 is 39.3 Å². The zero-order valence-corrected chi connectivity index (χ0v) is 17.9. The van der Waals surface area contributed by atoms with Gasteiger partial charge in [-0.1, -0.05) is 42.0 Å². The van der Waals surface area contributed by atoms with Crippen LogP contribution in [-0.2, 0) is 16.1 Å². The molecule has 0 atom stereocenters. The summed E-state index contributed by atoms with van der Waals surface area (Å²) in [5, 5.41) is 4.15. The number of hydrogen-bond acceptors (Lipinski definition) is 4. The van der Waals surface area contributed by atoms with Crippen molar-refractivity contribution in [3.05, 3.63) is 88.1 Å². The van der Waals surface area contributed by atoms with Crippen molar-refractivity contribution in [2.24, 2.45) is 0 Å². The lowest BCUT2D eigenvalue weighted by atomic mass is 10.1. The molecule has 1 heterocycles. The Kier molecular flexibility index (Phi) is 5.89. The topological polar surface area (TPSA) is 92.2 Å². The van der Waals surface area contributed by atoms with Gasteiger partial charge in [0, 0.05) is 16.5 Å². The van der Waals surface area contributed by atoms with Crippen molar-refractivity contribution in [1.29, 1.82) is 0 Å². The molecule has 0 saturated carbocycles. The van der Waals surface area contributed by atoms with Crippen molar-refractivity contribution in [3.63, 3.8) is 0 Å². The molecule has 4 rings (SSSR count). The van der Waals surface area contributed by atoms with Gasteiger partial charge in [0.15, 0.2) is 5.43 Å². The summed E-state index contributed by atoms with van der Waals surface area (Å²) in [6.07, 6.45) is 0. The number of hydrazine groups is 1. The highest BCUT2D eigenvalue weighted by molar-refractivity contribution is 5.95. The number of amides is 2. The molecule has 7 nitrogen and oxygen atoms in total. The van der Waals surface area contributed by atoms with Gasteiger partial charge in [0.25, 0.3) is 11.8 Å². The predicted molar refractivity (Wildman–Crippen MR) is 126 cm³/mol. The summed E-state index contributed by atoms with van der Waals surface area (Å²) in [7, 11) is 0. The van der Waals surface area contributed by atoms with Gasteiger partial charge >= 0.3 is 0 Å². The molecule has 0 bridgehead atoms. The second kappa shape index (κ2) is 8.93. The fourth-order valence-corrected chi connectivity index (χ4v) is 3.80. The number of hydrogen-bond donors (Lipinski definition) is 3. The number of anilines is 1. The van der Waals surface area contributed by atoms with Gasteiger partial charge in [-0.2, -0.15) is 0 Å². The Balaban J connectivity index is 1.45. The lowest BCUT2D eigenvalue weighted by Gasteiger charge is -2.15. The first kappa shape index (κ1) is 21.1. The lowest BCUT2D eigenvalue weighted by Crippen LogP contribution is -2.45. The highest BCUT2D eigenvalue weighted by Crippen LogP contribution is 2.19. The summed E-state index contributed by atoms with van der Waals surface area (Å²) in [6, 6.07) is 20.3. The molecule has 162 valence electrons. The molecule has 1 aromatic heterocycles. The summed E-state index contributed by atoms with van der Waals surface area (Å²) in [6.45, 7) is 3.95. The number of rotatable bonds is 5. The van der Waals surface area contributed by atoms with E-state index >= 15 is 0 Å². The molecule has 0 aliphatic carbocycles. The van der Waals surface area contributed by atoms with E-state index < -0.39 is 5.91 Å². The van der Waals surface area contributed by atoms with Crippen LogP contribution >= 0.6 is 0 Å². The Hall–Kier alpha value is -4.13. The van der Waals surface area contributed by atoms with E-state index in [0.29, 0.717) is 21.8 Å². The first-order chi connectivity index (χ1) is 15.4. The summed E-state index contributed by atoms with van der Waals surface area (Å²) in [5.74, 6) is -0.767. The first-order valence-electron chi connectivity index (χ1n) is 10.3. The van der Waals surface area contributed by atoms with Gasteiger partial charge in [0.1, 0.15) is 6.54 Å². The fourth-order valence-electron chi connectivity index (χ4n) is 3.80. The van der Waals surface area contributed by atoms with Crippen LogP contribution in [0.15, 0.2) is 71.5 Å². The molecule has 0 spiro atoms. The number of benzene rings is 3. The number of carbonyl (C=O) groups excluding carboxylic acids is 2. The lowest BCUT2D eigenvalue weighted by molar-refractivity contribution is -0.128. The normalized spacial score (nSPS) is 10.8. The van der Waals surface area contributed by atoms with Gasteiger partial charge in [-0.25, -0.2) is 0 Å². The van der Waals surface area contributed by atoms with Gasteiger partial charge < -0.3 is 9.88 Å². The molecule has 2 amide bonds. The van der Waals surface area contributed by atoms with Crippen molar-refractivity contribution in [1.82, 2.24) is 15.4 Å². The Labute approximate surface area is 185 Å². The maximum Gasteiger partial charge on any atom is 0.258 e. The maximum absolute atomic E-state index is 12.8. The third-order valence-corrected chi connectivity index (χ3v) is 5.34. The Morgan fingerprint density at radius 1 is 0.812 bits per heavy atom. The number of pyridine rings is 1. The predicted octanol–water partition coefficient (Wildman–Crippen LogP) is 3.03. The number of carbonyl (C=O) groups is 2. The molecule has 0 fully saturated rings. The van der Waals surface area contributed by atoms with Crippen LogP contribution < -0.4 is 21.6 Å². The third kappa shape index (κ3) is 4.32. The van der Waals surface area contributed by atoms with E-state index in [2.05, 4.69) is 16.2 Å². The summed E-state index contributed by atoms with van der Waals surface area (Å²) in [4.78, 5) is 37.6. The number of aromatic nitrogens is 1. The highest BCUT2D eigenvalue weighted by atomic mass is 16.2. The van der Waals surface area contributed by atoms with E-state index in [-0.39, 0.29) is 24.4 Å². The van der Waals surface area contributed by atoms with Crippen LogP contribution in [0.25, 0.3) is 21.8 Å². The molecule has 0 aliphatic rings. The van der Waals surface area contributed by atoms with Gasteiger partial charge in [0.05, 0.1) is 17.6 Å². The van der Waals surface area contributed by atoms with Crippen LogP contribution in [0.5, 0.6) is 0 Å². The summed E-state index contributed by atoms with van der Waals surface area (Å²) >= 11 is 0. The Bertz CT molecular complexity index is 1330. The van der Waals surface area contributed by atoms with Crippen LogP contribution in [0.1, 0.15) is 11.1 Å². The van der Waals surface area contributed by atoms with Crippen LogP contribution in [0.2, 0.25) is 0 Å². The fraction of sp³-hybridized carbons (Fsp3) is 0.160. The second-order valence-electron chi connectivity index (χ2n) is 7.72. The SMILES string of the molecule is Cc1ccc(NCC(=O)NNC(=O)Cn2c3ccccc3c(=O)c3ccccc32)c(C)c1. The Morgan fingerprint density at radius 2 is 1.41 bits per heavy atom. The largest absolute Gasteiger partial charge is 0.376 e. The van der Waals surface area contributed by atoms with E-state index in [1.807, 2.05) is 56.3 Å². The van der Waals surface area contributed by atoms with Crippen molar-refractivity contribution < 1.29 is 9.59 Å². The molecule has 0 radical (unpaired) electrons. The van der Waals surface area contributed by atoms with Crippen molar-refractivity contribution in [3.8, 4) is 0 Å². The maximum atomic E-state index is 12.8. The average molecular weight is 428 g/mol. The molecule has 4 aromatic rings. The van der Waals surface area contributed by atoms with Gasteiger partial charge in [-0.3, -0.25) is 25.2 Å². The minimum Gasteiger partial charge on any atom is -0.376 e. The molecule has 0 unspecified atom stereocenters. The summed E-state index contributed by atoms with van der Waals surface area (Å²) < 4.78 is 1.78. The quantitative estimate of drug-likeness (QED) is 0.337. The molecule has 3 aromatic carbocycles. The van der Waals surface area contributed by atoms with Crippen LogP contribution in [0, 0.1) is 13.8 Å². The zero-order chi connectivity index (χ0) is 22.7. The van der Waals surface area contributed by atoms with Gasteiger partial charge in [0.2, 0.25) is 0 Å². The molecular weight excluding hydrogens is 404 g/mol. The highest BCUT2D eigenvalue weighted by Gasteiger charge is 2.13. The standard InChI is InChI=1S/C25H24N4O3/c1-16-11-12-20(17(2)13-16)26-14-23(30)27-28-24(31)15-29-21-9-5-3-7-18(21)25(32)19-8-4-6-10-22(19)29/h3-13,26H,14-15H2,1-2H3,(H,27,30)(H,28,31). The van der Waals surface area contributed by atoms with E-state index in [1.54, 1.807) is 28.8 Å². The second-order valence-corrected chi connectivity index (χ2v) is 7.72. The molecule has 32 heavy (non-hydrogen) atoms. The molecule has 3 N–H and O–H groups in total. The van der Waals surface area contributed by atoms with Gasteiger partial charge in [-0.05, 0) is 49.7 Å². The Morgan fingerprint density at radius 3 is 2.03 bits per heavy atom. The smallest absolute Gasteiger partial charge is 0.258 e. The van der Waals surface area contributed by atoms with E-state index in [0.717, 1.165) is 16.8 Å². The number of aryl methyl sites for hydroxylation is 2. The van der Waals surface area contributed by atoms with Gasteiger partial charge in [-0.15, -0.1) is 0 Å². The van der Waals surface area contributed by atoms with Crippen LogP contribution in [0.3, 0.4) is 0 Å². The zero-order valence-electron chi connectivity index (χ0n) is 17.9. The number of nitrogens with one attached hydrogen (secondary N) is 3. The monoisotopic (exact) mass is 428 g/mol. The average Bonchev–Trinajstić information content (AvgIpc) is 2.80. The van der Waals surface area contributed by atoms with E-state index in [9.17, 15) is 14.4 Å². The summed E-state index contributed by atoms with van der Waals surface area (Å²) in [5.41, 5.74) is 9.19. The molecule has 0 aliphatic heterocycles. The van der Waals surface area contributed by atoms with Crippen molar-refractivity contribution in [2.45, 2.75) is 20.4 Å². The third-order valence-electron chi connectivity index (χ3n) is 5.34. The van der Waals surface area contributed by atoms with Crippen LogP contribution in [-0.4, -0.2) is 22.9 Å². The molecule has 7 heteroatoms. The first-order valence-corrected chi connectivity index (χ1v) is 10.3. The number of nitrogens with zero attached hydrogens (tertiary/aromatic N) is 1. The minimum atomic E-state index is -0.399. The number of para-hydroxylation sites is 2. The molecule has 0 saturated heterocycles. The van der Waals surface area contributed by atoms with Crippen LogP contribution in [0.4, 0.5) is 5.69 Å².